The van der Waals surface area contributed by atoms with E-state index in [2.05, 4.69) is 57.4 Å². The van der Waals surface area contributed by atoms with E-state index in [9.17, 15) is 19.8 Å². The third-order valence-corrected chi connectivity index (χ3v) is 7.80. The molecular formula is C24H36B8N2O4. The average Bonchev–Trinajstić information content (AvgIpc) is 2.72. The van der Waals surface area contributed by atoms with Crippen LogP contribution in [0.3, 0.4) is 0 Å². The van der Waals surface area contributed by atoms with Crippen molar-refractivity contribution in [2.24, 2.45) is 0 Å². The van der Waals surface area contributed by atoms with Crippen molar-refractivity contribution in [2.75, 3.05) is 5.32 Å². The van der Waals surface area contributed by atoms with Crippen LogP contribution in [0.5, 0.6) is 5.75 Å². The van der Waals surface area contributed by atoms with E-state index in [1.54, 1.807) is 40.0 Å². The minimum Gasteiger partial charge on any atom is -0.508 e. The number of pyridine rings is 1. The fourth-order valence-electron chi connectivity index (χ4n) is 7.24. The molecule has 0 radical (unpaired) electrons. The second kappa shape index (κ2) is 9.55. The van der Waals surface area contributed by atoms with Crippen molar-refractivity contribution in [1.82, 2.24) is 4.98 Å². The first-order valence-electron chi connectivity index (χ1n) is 13.2. The quantitative estimate of drug-likeness (QED) is 0.257. The molecule has 0 saturated heterocycles. The highest BCUT2D eigenvalue weighted by atomic mass is 16.3. The van der Waals surface area contributed by atoms with E-state index in [0.29, 0.717) is 22.2 Å². The van der Waals surface area contributed by atoms with Crippen LogP contribution in [0.1, 0.15) is 42.3 Å². The second-order valence-electron chi connectivity index (χ2n) is 14.0. The van der Waals surface area contributed by atoms with Gasteiger partial charge < -0.3 is 20.5 Å². The maximum absolute atomic E-state index is 13.4. The number of aliphatic hydroxyl groups is 1. The predicted octanol–water partition coefficient (Wildman–Crippen LogP) is -4.12. The molecular weight excluding hydrogens is 467 g/mol. The zero-order valence-electron chi connectivity index (χ0n) is 24.8. The molecule has 14 heteroatoms. The van der Waals surface area contributed by atoms with Crippen LogP contribution < -0.4 is 10.7 Å². The van der Waals surface area contributed by atoms with Gasteiger partial charge in [0.1, 0.15) is 27.0 Å². The lowest BCUT2D eigenvalue weighted by Crippen LogP contribution is -2.67. The number of rotatable bonds is 6. The molecule has 4 N–H and O–H groups in total. The number of aromatic hydroxyl groups is 1. The maximum Gasteiger partial charge on any atom is 0.261 e. The van der Waals surface area contributed by atoms with E-state index in [1.807, 2.05) is 32.9 Å². The Morgan fingerprint density at radius 3 is 1.95 bits per heavy atom. The number of carbonyl (C=O) groups is 1. The van der Waals surface area contributed by atoms with Crippen molar-refractivity contribution < 1.29 is 15.0 Å². The summed E-state index contributed by atoms with van der Waals surface area (Å²) in [7, 11) is 16.1. The maximum atomic E-state index is 13.4. The number of hydrogen-bond donors (Lipinski definition) is 4. The predicted molar refractivity (Wildman–Crippen MR) is 180 cm³/mol. The van der Waals surface area contributed by atoms with Crippen LogP contribution in [0, 0.1) is 0 Å². The minimum absolute atomic E-state index is 0.0117. The topological polar surface area (TPSA) is 102 Å². The van der Waals surface area contributed by atoms with Crippen LogP contribution in [0.4, 0.5) is 5.69 Å². The van der Waals surface area contributed by atoms with E-state index in [4.69, 9.17) is 0 Å². The Labute approximate surface area is 232 Å². The Morgan fingerprint density at radius 2 is 1.45 bits per heavy atom. The molecule has 0 spiro atoms. The molecule has 0 aliphatic heterocycles. The number of H-pyrrole nitrogens is 1. The Morgan fingerprint density at radius 1 is 0.895 bits per heavy atom. The molecule has 3 aromatic rings. The number of amides is 1. The van der Waals surface area contributed by atoms with E-state index in [-0.39, 0.29) is 16.7 Å². The van der Waals surface area contributed by atoms with Gasteiger partial charge in [0, 0.05) is 34.3 Å². The van der Waals surface area contributed by atoms with Crippen LogP contribution in [0.25, 0.3) is 10.9 Å². The fourth-order valence-corrected chi connectivity index (χ4v) is 7.24. The van der Waals surface area contributed by atoms with Gasteiger partial charge in [0.15, 0.2) is 0 Å². The Balaban J connectivity index is 2.27. The second-order valence-corrected chi connectivity index (χ2v) is 14.0. The van der Waals surface area contributed by atoms with Gasteiger partial charge in [-0.25, -0.2) is 0 Å². The third kappa shape index (κ3) is 4.92. The van der Waals surface area contributed by atoms with Crippen molar-refractivity contribution in [3.8, 4) is 5.75 Å². The lowest BCUT2D eigenvalue weighted by atomic mass is 9.13. The zero-order chi connectivity index (χ0) is 29.1. The number of hydrogen-bond acceptors (Lipinski definition) is 4. The largest absolute Gasteiger partial charge is 0.508 e. The van der Waals surface area contributed by atoms with Gasteiger partial charge in [-0.2, -0.15) is 0 Å². The molecule has 190 valence electrons. The summed E-state index contributed by atoms with van der Waals surface area (Å²) in [6, 6.07) is 10.5. The minimum atomic E-state index is -1.21. The molecule has 0 unspecified atom stereocenters. The normalized spacial score (nSPS) is 13.4. The molecule has 0 bridgehead atoms. The number of aromatic nitrogens is 1. The first-order valence-corrected chi connectivity index (χ1v) is 13.2. The highest BCUT2D eigenvalue weighted by molar-refractivity contribution is 6.67. The molecule has 6 nitrogen and oxygen atoms in total. The fraction of sp³-hybridized carbons (Fsp3) is 0.333. The molecule has 0 saturated carbocycles. The SMILES string of the molecule is BC(B)(B)C(c1cc(C(C)(C)C)c(NC(=O)c2c[nH]c3ccccc3c2=O)cc1O)(C(B)(B)B)C(B)(B)O. The van der Waals surface area contributed by atoms with Crippen molar-refractivity contribution in [2.45, 2.75) is 47.2 Å². The number of phenolic OH excluding ortho intramolecular Hbond substituents is 1. The molecule has 0 aliphatic rings. The van der Waals surface area contributed by atoms with Crippen molar-refractivity contribution in [1.29, 1.82) is 0 Å². The summed E-state index contributed by atoms with van der Waals surface area (Å²) in [6.45, 7) is 6.09. The molecule has 0 atom stereocenters. The van der Waals surface area contributed by atoms with Crippen LogP contribution in [-0.4, -0.2) is 89.3 Å². The van der Waals surface area contributed by atoms with Crippen LogP contribution in [0.15, 0.2) is 47.4 Å². The van der Waals surface area contributed by atoms with Crippen molar-refractivity contribution >= 4 is 85.3 Å². The first kappa shape index (κ1) is 29.9. The summed E-state index contributed by atoms with van der Waals surface area (Å²) >= 11 is 0. The van der Waals surface area contributed by atoms with Crippen LogP contribution in [-0.2, 0) is 10.8 Å². The Bertz CT molecular complexity index is 1410. The number of carbonyl (C=O) groups excluding carboxylic acids is 1. The molecule has 0 fully saturated rings. The van der Waals surface area contributed by atoms with Gasteiger partial charge >= 0.3 is 0 Å². The molecule has 1 aromatic heterocycles. The van der Waals surface area contributed by atoms with Gasteiger partial charge in [0.25, 0.3) is 5.91 Å². The average molecular weight is 503 g/mol. The first-order chi connectivity index (χ1) is 17.1. The van der Waals surface area contributed by atoms with Gasteiger partial charge in [-0.1, -0.05) is 32.9 Å². The smallest absolute Gasteiger partial charge is 0.261 e. The summed E-state index contributed by atoms with van der Waals surface area (Å²) in [4.78, 5) is 29.5. The van der Waals surface area contributed by atoms with E-state index < -0.39 is 32.4 Å². The van der Waals surface area contributed by atoms with Crippen LogP contribution >= 0.6 is 0 Å². The van der Waals surface area contributed by atoms with Gasteiger partial charge in [0.05, 0.1) is 47.1 Å². The standard InChI is InChI=1S/C24H36B8N2O4/c1-20(2,3)13-8-14(21(22(25,26)27,23(28,29)30)24(31,32)38)17(35)9-16(13)34-19(37)12-10-33-15-7-5-4-6-11(15)18(12)36/h4-10,35,38H,25-32H2,1-3H3,(H,33,36)(H,34,37). The lowest BCUT2D eigenvalue weighted by Gasteiger charge is -2.62. The molecule has 1 heterocycles. The van der Waals surface area contributed by atoms with E-state index >= 15 is 0 Å². The zero-order valence-corrected chi connectivity index (χ0v) is 24.8. The number of phenols is 1. The molecule has 2 aromatic carbocycles. The third-order valence-electron chi connectivity index (χ3n) is 7.80. The Kier molecular flexibility index (Phi) is 7.52. The van der Waals surface area contributed by atoms with Crippen molar-refractivity contribution in [3.63, 3.8) is 0 Å². The highest BCUT2D eigenvalue weighted by Crippen LogP contribution is 2.60. The van der Waals surface area contributed by atoms with E-state index in [1.165, 1.54) is 6.20 Å². The van der Waals surface area contributed by atoms with Crippen molar-refractivity contribution in [3.05, 3.63) is 69.5 Å². The van der Waals surface area contributed by atoms with Gasteiger partial charge in [-0.15, -0.1) is 10.2 Å². The number of benzene rings is 2. The monoisotopic (exact) mass is 504 g/mol. The summed E-state index contributed by atoms with van der Waals surface area (Å²) in [5.74, 6) is -0.581. The van der Waals surface area contributed by atoms with Gasteiger partial charge in [0.2, 0.25) is 5.43 Å². The van der Waals surface area contributed by atoms with Gasteiger partial charge in [-0.3, -0.25) is 9.59 Å². The molecule has 38 heavy (non-hydrogen) atoms. The summed E-state index contributed by atoms with van der Waals surface area (Å²) < 4.78 is 0. The van der Waals surface area contributed by atoms with E-state index in [0.717, 1.165) is 5.56 Å². The number of nitrogens with one attached hydrogen (secondary N) is 2. The summed E-state index contributed by atoms with van der Waals surface area (Å²) in [5, 5.41) is 24.5. The Hall–Kier alpha value is -2.60. The number of aromatic amines is 1. The summed E-state index contributed by atoms with van der Waals surface area (Å²) in [6.07, 6.45) is 1.42. The molecule has 1 amide bonds. The van der Waals surface area contributed by atoms with Crippen LogP contribution in [0.2, 0.25) is 10.2 Å². The number of anilines is 1. The summed E-state index contributed by atoms with van der Waals surface area (Å²) in [5.41, 5.74) is 0.799. The highest BCUT2D eigenvalue weighted by Gasteiger charge is 2.59. The van der Waals surface area contributed by atoms with Gasteiger partial charge in [-0.05, 0) is 40.2 Å². The lowest BCUT2D eigenvalue weighted by molar-refractivity contribution is 0.102. The molecule has 0 aliphatic carbocycles. The molecule has 3 rings (SSSR count). The number of fused-ring (bicyclic) bond motifs is 1. The number of para-hydroxylation sites is 1.